The Labute approximate surface area is 165 Å². The summed E-state index contributed by atoms with van der Waals surface area (Å²) in [7, 11) is 0. The number of fused-ring (bicyclic) bond motifs is 1. The van der Waals surface area contributed by atoms with Crippen LogP contribution in [0.25, 0.3) is 10.7 Å². The van der Waals surface area contributed by atoms with Gasteiger partial charge in [-0.2, -0.15) is 4.98 Å². The van der Waals surface area contributed by atoms with Crippen LogP contribution in [0.3, 0.4) is 0 Å². The molecule has 144 valence electrons. The lowest BCUT2D eigenvalue weighted by Gasteiger charge is -2.21. The first kappa shape index (κ1) is 17.2. The molecule has 1 amide bonds. The maximum absolute atomic E-state index is 12.3. The number of nitrogens with one attached hydrogen (secondary N) is 1. The number of ether oxygens (including phenoxy) is 2. The number of aryl methyl sites for hydroxylation is 1. The highest BCUT2D eigenvalue weighted by molar-refractivity contribution is 7.13. The van der Waals surface area contributed by atoms with Crippen LogP contribution in [0.1, 0.15) is 38.0 Å². The van der Waals surface area contributed by atoms with Crippen molar-refractivity contribution in [2.45, 2.75) is 44.3 Å². The summed E-state index contributed by atoms with van der Waals surface area (Å²) in [4.78, 5) is 17.6. The lowest BCUT2D eigenvalue weighted by Crippen LogP contribution is -2.34. The number of carbonyl (C=O) groups is 1. The standard InChI is InChI=1S/C20H19N3O4S/c24-17(7-8-18-22-19(23-27-18)16-4-3-11-28-16)21-13-5-6-14-15(12-13)26-20(25-14)9-1-2-10-20/h3-6,11-12H,1-2,7-10H2,(H,21,24). The van der Waals surface area contributed by atoms with Gasteiger partial charge in [0, 0.05) is 37.4 Å². The van der Waals surface area contributed by atoms with Gasteiger partial charge in [-0.25, -0.2) is 0 Å². The number of nitrogens with zero attached hydrogens (tertiary/aromatic N) is 2. The van der Waals surface area contributed by atoms with Crippen LogP contribution in [0.5, 0.6) is 11.5 Å². The lowest BCUT2D eigenvalue weighted by molar-refractivity contribution is -0.116. The summed E-state index contributed by atoms with van der Waals surface area (Å²) in [6.45, 7) is 0. The summed E-state index contributed by atoms with van der Waals surface area (Å²) in [6.07, 6.45) is 4.67. The molecule has 1 aliphatic heterocycles. The molecule has 2 aliphatic rings. The minimum Gasteiger partial charge on any atom is -0.448 e. The van der Waals surface area contributed by atoms with Crippen molar-refractivity contribution in [3.63, 3.8) is 0 Å². The molecule has 1 saturated carbocycles. The molecule has 3 heterocycles. The summed E-state index contributed by atoms with van der Waals surface area (Å²) in [5, 5.41) is 8.81. The summed E-state index contributed by atoms with van der Waals surface area (Å²) in [6, 6.07) is 9.37. The van der Waals surface area contributed by atoms with E-state index in [4.69, 9.17) is 14.0 Å². The smallest absolute Gasteiger partial charge is 0.251 e. The third kappa shape index (κ3) is 3.35. The SMILES string of the molecule is O=C(CCc1nc(-c2cccs2)no1)Nc1ccc2c(c1)OC1(CCCC1)O2. The summed E-state index contributed by atoms with van der Waals surface area (Å²) in [5.74, 6) is 1.83. The fourth-order valence-corrected chi connectivity index (χ4v) is 4.24. The van der Waals surface area contributed by atoms with Gasteiger partial charge in [0.1, 0.15) is 0 Å². The number of amides is 1. The van der Waals surface area contributed by atoms with Gasteiger partial charge in [-0.15, -0.1) is 11.3 Å². The molecule has 7 nitrogen and oxygen atoms in total. The normalized spacial score (nSPS) is 16.6. The molecule has 1 aliphatic carbocycles. The number of benzene rings is 1. The Morgan fingerprint density at radius 3 is 2.86 bits per heavy atom. The topological polar surface area (TPSA) is 86.5 Å². The third-order valence-corrected chi connectivity index (χ3v) is 5.83. The minimum atomic E-state index is -0.497. The highest BCUT2D eigenvalue weighted by Gasteiger charge is 2.44. The van der Waals surface area contributed by atoms with Gasteiger partial charge in [0.25, 0.3) is 5.79 Å². The number of hydrogen-bond acceptors (Lipinski definition) is 7. The van der Waals surface area contributed by atoms with E-state index in [0.717, 1.165) is 36.3 Å². The zero-order valence-electron chi connectivity index (χ0n) is 15.1. The Bertz CT molecular complexity index is 993. The fraction of sp³-hybridized carbons (Fsp3) is 0.350. The van der Waals surface area contributed by atoms with E-state index in [1.807, 2.05) is 35.7 Å². The molecule has 1 N–H and O–H groups in total. The average Bonchev–Trinajstić information content (AvgIpc) is 3.47. The summed E-state index contributed by atoms with van der Waals surface area (Å²) >= 11 is 1.55. The van der Waals surface area contributed by atoms with E-state index in [9.17, 15) is 4.79 Å². The summed E-state index contributed by atoms with van der Waals surface area (Å²) in [5.41, 5.74) is 0.687. The molecule has 1 spiro atoms. The quantitative estimate of drug-likeness (QED) is 0.686. The molecule has 0 saturated heterocycles. The Morgan fingerprint density at radius 1 is 1.18 bits per heavy atom. The van der Waals surface area contributed by atoms with Crippen molar-refractivity contribution in [2.75, 3.05) is 5.32 Å². The highest BCUT2D eigenvalue weighted by atomic mass is 32.1. The molecule has 3 aromatic rings. The number of aromatic nitrogens is 2. The van der Waals surface area contributed by atoms with Crippen LogP contribution in [-0.2, 0) is 11.2 Å². The van der Waals surface area contributed by atoms with Crippen LogP contribution in [0.2, 0.25) is 0 Å². The van der Waals surface area contributed by atoms with E-state index in [2.05, 4.69) is 15.5 Å². The van der Waals surface area contributed by atoms with Crippen molar-refractivity contribution >= 4 is 22.9 Å². The van der Waals surface area contributed by atoms with Crippen LogP contribution < -0.4 is 14.8 Å². The highest BCUT2D eigenvalue weighted by Crippen LogP contribution is 2.47. The second kappa shape index (κ2) is 6.94. The predicted octanol–water partition coefficient (Wildman–Crippen LogP) is 4.41. The van der Waals surface area contributed by atoms with Crippen molar-refractivity contribution in [3.8, 4) is 22.2 Å². The van der Waals surface area contributed by atoms with Crippen LogP contribution >= 0.6 is 11.3 Å². The Morgan fingerprint density at radius 2 is 2.04 bits per heavy atom. The number of thiophene rings is 1. The van der Waals surface area contributed by atoms with Gasteiger partial charge >= 0.3 is 0 Å². The number of carbonyl (C=O) groups excluding carboxylic acids is 1. The van der Waals surface area contributed by atoms with Gasteiger partial charge in [0.2, 0.25) is 17.6 Å². The number of rotatable bonds is 5. The maximum Gasteiger partial charge on any atom is 0.251 e. The Hall–Kier alpha value is -2.87. The van der Waals surface area contributed by atoms with E-state index < -0.39 is 5.79 Å². The third-order valence-electron chi connectivity index (χ3n) is 4.96. The van der Waals surface area contributed by atoms with Gasteiger partial charge in [0.15, 0.2) is 11.5 Å². The lowest BCUT2D eigenvalue weighted by atomic mass is 10.2. The van der Waals surface area contributed by atoms with E-state index in [0.29, 0.717) is 29.6 Å². The molecule has 28 heavy (non-hydrogen) atoms. The molecular weight excluding hydrogens is 378 g/mol. The second-order valence-electron chi connectivity index (χ2n) is 7.02. The monoisotopic (exact) mass is 397 g/mol. The van der Waals surface area contributed by atoms with Crippen LogP contribution in [0.15, 0.2) is 40.2 Å². The van der Waals surface area contributed by atoms with Gasteiger partial charge < -0.3 is 19.3 Å². The van der Waals surface area contributed by atoms with E-state index in [-0.39, 0.29) is 12.3 Å². The summed E-state index contributed by atoms with van der Waals surface area (Å²) < 4.78 is 17.3. The van der Waals surface area contributed by atoms with Crippen molar-refractivity contribution in [3.05, 3.63) is 41.6 Å². The zero-order valence-corrected chi connectivity index (χ0v) is 16.0. The molecule has 0 atom stereocenters. The molecule has 0 bridgehead atoms. The molecule has 2 aromatic heterocycles. The predicted molar refractivity (Wildman–Crippen MR) is 103 cm³/mol. The Balaban J connectivity index is 1.18. The van der Waals surface area contributed by atoms with Crippen molar-refractivity contribution in [1.29, 1.82) is 0 Å². The molecular formula is C20H19N3O4S. The first-order valence-electron chi connectivity index (χ1n) is 9.38. The minimum absolute atomic E-state index is 0.120. The average molecular weight is 397 g/mol. The van der Waals surface area contributed by atoms with Gasteiger partial charge in [-0.3, -0.25) is 4.79 Å². The van der Waals surface area contributed by atoms with Crippen LogP contribution in [0, 0.1) is 0 Å². The van der Waals surface area contributed by atoms with Gasteiger partial charge in [-0.1, -0.05) is 11.2 Å². The van der Waals surface area contributed by atoms with Gasteiger partial charge in [-0.05, 0) is 36.4 Å². The van der Waals surface area contributed by atoms with E-state index >= 15 is 0 Å². The number of hydrogen-bond donors (Lipinski definition) is 1. The molecule has 5 rings (SSSR count). The molecule has 1 fully saturated rings. The van der Waals surface area contributed by atoms with Crippen molar-refractivity contribution in [1.82, 2.24) is 10.1 Å². The molecule has 8 heteroatoms. The first-order valence-corrected chi connectivity index (χ1v) is 10.3. The largest absolute Gasteiger partial charge is 0.448 e. The van der Waals surface area contributed by atoms with Gasteiger partial charge in [0.05, 0.1) is 4.88 Å². The van der Waals surface area contributed by atoms with Crippen LogP contribution in [-0.4, -0.2) is 21.8 Å². The molecule has 1 aromatic carbocycles. The van der Waals surface area contributed by atoms with Crippen molar-refractivity contribution in [2.24, 2.45) is 0 Å². The zero-order chi connectivity index (χ0) is 19.0. The molecule has 0 unspecified atom stereocenters. The maximum atomic E-state index is 12.3. The Kier molecular flexibility index (Phi) is 4.27. The first-order chi connectivity index (χ1) is 13.7. The second-order valence-corrected chi connectivity index (χ2v) is 7.97. The van der Waals surface area contributed by atoms with Crippen LogP contribution in [0.4, 0.5) is 5.69 Å². The number of anilines is 1. The van der Waals surface area contributed by atoms with Crippen molar-refractivity contribution < 1.29 is 18.8 Å². The van der Waals surface area contributed by atoms with E-state index in [1.165, 1.54) is 0 Å². The fourth-order valence-electron chi connectivity index (χ4n) is 3.60. The molecule has 0 radical (unpaired) electrons. The van der Waals surface area contributed by atoms with E-state index in [1.54, 1.807) is 11.3 Å².